The van der Waals surface area contributed by atoms with Gasteiger partial charge in [-0.2, -0.15) is 0 Å². The number of aryl methyl sites for hydroxylation is 1. The molecule has 0 radical (unpaired) electrons. The van der Waals surface area contributed by atoms with Gasteiger partial charge < -0.3 is 15.3 Å². The van der Waals surface area contributed by atoms with Crippen molar-refractivity contribution in [3.63, 3.8) is 0 Å². The van der Waals surface area contributed by atoms with Gasteiger partial charge >= 0.3 is 11.8 Å². The van der Waals surface area contributed by atoms with Crippen LogP contribution in [0.15, 0.2) is 18.2 Å². The summed E-state index contributed by atoms with van der Waals surface area (Å²) in [7, 11) is 0. The molecular weight excluding hydrogens is 351 g/mol. The van der Waals surface area contributed by atoms with E-state index in [4.69, 9.17) is 5.11 Å². The number of rotatable bonds is 7. The third-order valence-electron chi connectivity index (χ3n) is 6.28. The van der Waals surface area contributed by atoms with Crippen molar-refractivity contribution in [1.29, 1.82) is 0 Å². The van der Waals surface area contributed by atoms with Crippen molar-refractivity contribution in [3.8, 4) is 0 Å². The number of hydrogen-bond acceptors (Lipinski definition) is 4. The van der Waals surface area contributed by atoms with Crippen molar-refractivity contribution >= 4 is 11.8 Å². The summed E-state index contributed by atoms with van der Waals surface area (Å²) in [5.74, 6) is -6.44. The predicted octanol–water partition coefficient (Wildman–Crippen LogP) is 3.17. The van der Waals surface area contributed by atoms with Crippen molar-refractivity contribution in [2.45, 2.75) is 69.5 Å². The van der Waals surface area contributed by atoms with Gasteiger partial charge in [-0.1, -0.05) is 18.9 Å². The van der Waals surface area contributed by atoms with Gasteiger partial charge in [0.25, 0.3) is 0 Å². The van der Waals surface area contributed by atoms with Crippen LogP contribution < -0.4 is 0 Å². The lowest BCUT2D eigenvalue weighted by Gasteiger charge is -2.19. The predicted molar refractivity (Wildman–Crippen MR) is 96.6 cm³/mol. The molecule has 0 aliphatic heterocycles. The molecule has 3 N–H and O–H groups in total. The molecule has 6 heteroatoms. The Kier molecular flexibility index (Phi) is 5.96. The molecule has 27 heavy (non-hydrogen) atoms. The number of ketones is 1. The second kappa shape index (κ2) is 8.07. The topological polar surface area (TPSA) is 94.8 Å². The van der Waals surface area contributed by atoms with Crippen molar-refractivity contribution in [2.75, 3.05) is 0 Å². The van der Waals surface area contributed by atoms with Crippen LogP contribution in [0.1, 0.15) is 68.4 Å². The standard InChI is InChI=1S/C21H27FO5/c22-17-10-9-15(18(12-17)14-3-1-2-4-14)7-5-13-6-8-16(11-13)19(23)21(26,27)20(24)25/h9-10,12-14,16,26-27H,1-8,11H2,(H,24,25). The number of carboxylic acids is 1. The molecule has 2 atom stereocenters. The normalized spacial score (nSPS) is 23.7. The highest BCUT2D eigenvalue weighted by Gasteiger charge is 2.47. The molecule has 2 saturated carbocycles. The molecule has 0 saturated heterocycles. The average molecular weight is 378 g/mol. The molecule has 1 aromatic carbocycles. The molecule has 148 valence electrons. The number of carbonyl (C=O) groups is 2. The minimum atomic E-state index is -3.30. The van der Waals surface area contributed by atoms with E-state index in [2.05, 4.69) is 0 Å². The van der Waals surface area contributed by atoms with E-state index in [-0.39, 0.29) is 11.7 Å². The summed E-state index contributed by atoms with van der Waals surface area (Å²) in [6, 6.07) is 5.01. The lowest BCUT2D eigenvalue weighted by molar-refractivity contribution is -0.206. The summed E-state index contributed by atoms with van der Waals surface area (Å²) in [6.07, 6.45) is 7.87. The molecule has 1 aromatic rings. The summed E-state index contributed by atoms with van der Waals surface area (Å²) >= 11 is 0. The first-order chi connectivity index (χ1) is 12.8. The molecule has 0 amide bonds. The van der Waals surface area contributed by atoms with Crippen LogP contribution in [-0.2, 0) is 16.0 Å². The van der Waals surface area contributed by atoms with Crippen molar-refractivity contribution in [1.82, 2.24) is 0 Å². The number of carboxylic acid groups (broad SMARTS) is 1. The van der Waals surface area contributed by atoms with E-state index in [9.17, 15) is 24.2 Å². The van der Waals surface area contributed by atoms with E-state index in [1.165, 1.54) is 18.9 Å². The fourth-order valence-corrected chi connectivity index (χ4v) is 4.74. The van der Waals surface area contributed by atoms with E-state index in [1.54, 1.807) is 6.07 Å². The van der Waals surface area contributed by atoms with Gasteiger partial charge in [0, 0.05) is 5.92 Å². The molecule has 0 heterocycles. The zero-order valence-electron chi connectivity index (χ0n) is 15.4. The smallest absolute Gasteiger partial charge is 0.372 e. The first kappa shape index (κ1) is 20.0. The summed E-state index contributed by atoms with van der Waals surface area (Å²) in [4.78, 5) is 22.9. The van der Waals surface area contributed by atoms with Crippen molar-refractivity contribution in [3.05, 3.63) is 35.1 Å². The molecule has 0 spiro atoms. The zero-order chi connectivity index (χ0) is 19.6. The monoisotopic (exact) mass is 378 g/mol. The molecule has 2 aliphatic rings. The van der Waals surface area contributed by atoms with Gasteiger partial charge in [0.05, 0.1) is 0 Å². The molecule has 3 rings (SSSR count). The van der Waals surface area contributed by atoms with Crippen LogP contribution in [0.5, 0.6) is 0 Å². The largest absolute Gasteiger partial charge is 0.477 e. The van der Waals surface area contributed by atoms with E-state index >= 15 is 0 Å². The molecule has 0 aromatic heterocycles. The van der Waals surface area contributed by atoms with Crippen LogP contribution in [0.3, 0.4) is 0 Å². The van der Waals surface area contributed by atoms with Crippen LogP contribution in [0.25, 0.3) is 0 Å². The Morgan fingerprint density at radius 2 is 1.81 bits per heavy atom. The molecule has 0 bridgehead atoms. The maximum absolute atomic E-state index is 13.7. The Labute approximate surface area is 158 Å². The van der Waals surface area contributed by atoms with E-state index in [0.717, 1.165) is 43.2 Å². The highest BCUT2D eigenvalue weighted by atomic mass is 19.1. The van der Waals surface area contributed by atoms with E-state index in [1.807, 2.05) is 6.07 Å². The Morgan fingerprint density at radius 1 is 1.11 bits per heavy atom. The molecule has 2 fully saturated rings. The molecule has 2 unspecified atom stereocenters. The third-order valence-corrected chi connectivity index (χ3v) is 6.28. The average Bonchev–Trinajstić information content (AvgIpc) is 3.31. The highest BCUT2D eigenvalue weighted by molar-refractivity contribution is 6.05. The second-order valence-corrected chi connectivity index (χ2v) is 8.08. The fraction of sp³-hybridized carbons (Fsp3) is 0.619. The first-order valence-corrected chi connectivity index (χ1v) is 9.79. The lowest BCUT2D eigenvalue weighted by atomic mass is 9.88. The van der Waals surface area contributed by atoms with Gasteiger partial charge in [0.15, 0.2) is 0 Å². The minimum Gasteiger partial charge on any atom is -0.477 e. The zero-order valence-corrected chi connectivity index (χ0v) is 15.4. The van der Waals surface area contributed by atoms with Crippen LogP contribution in [0.2, 0.25) is 0 Å². The van der Waals surface area contributed by atoms with Gasteiger partial charge in [0.2, 0.25) is 5.78 Å². The number of benzene rings is 1. The first-order valence-electron chi connectivity index (χ1n) is 9.79. The highest BCUT2D eigenvalue weighted by Crippen LogP contribution is 2.39. The molecule has 5 nitrogen and oxygen atoms in total. The van der Waals surface area contributed by atoms with Crippen LogP contribution in [-0.4, -0.2) is 32.9 Å². The summed E-state index contributed by atoms with van der Waals surface area (Å²) < 4.78 is 13.7. The van der Waals surface area contributed by atoms with Gasteiger partial charge in [-0.3, -0.25) is 4.79 Å². The van der Waals surface area contributed by atoms with Gasteiger partial charge in [-0.05, 0) is 80.0 Å². The number of aliphatic carboxylic acids is 1. The quantitative estimate of drug-likeness (QED) is 0.500. The molecule has 2 aliphatic carbocycles. The molecular formula is C21H27FO5. The fourth-order valence-electron chi connectivity index (χ4n) is 4.74. The minimum absolute atomic E-state index is 0.205. The Bertz CT molecular complexity index is 709. The van der Waals surface area contributed by atoms with Crippen LogP contribution in [0, 0.1) is 17.7 Å². The maximum Gasteiger partial charge on any atom is 0.372 e. The SMILES string of the molecule is O=C(O)C(O)(O)C(=O)C1CCC(CCc2ccc(F)cc2C2CCCC2)C1. The number of carbonyl (C=O) groups excluding carboxylic acids is 1. The Balaban J connectivity index is 1.60. The summed E-state index contributed by atoms with van der Waals surface area (Å²) in [6.45, 7) is 0. The number of Topliss-reactive ketones (excluding diaryl/α,β-unsaturated/α-hetero) is 1. The number of aliphatic hydroxyl groups is 2. The lowest BCUT2D eigenvalue weighted by Crippen LogP contribution is -2.49. The third kappa shape index (κ3) is 4.38. The Hall–Kier alpha value is -1.79. The van der Waals surface area contributed by atoms with Crippen LogP contribution >= 0.6 is 0 Å². The maximum atomic E-state index is 13.7. The summed E-state index contributed by atoms with van der Waals surface area (Å²) in [5.41, 5.74) is 2.26. The van der Waals surface area contributed by atoms with Crippen LogP contribution in [0.4, 0.5) is 4.39 Å². The summed E-state index contributed by atoms with van der Waals surface area (Å²) in [5, 5.41) is 27.7. The van der Waals surface area contributed by atoms with Gasteiger partial charge in [-0.15, -0.1) is 0 Å². The second-order valence-electron chi connectivity index (χ2n) is 8.08. The number of halogens is 1. The van der Waals surface area contributed by atoms with Gasteiger partial charge in [-0.25, -0.2) is 9.18 Å². The van der Waals surface area contributed by atoms with Crippen molar-refractivity contribution < 1.29 is 29.3 Å². The number of hydrogen-bond donors (Lipinski definition) is 3. The van der Waals surface area contributed by atoms with E-state index in [0.29, 0.717) is 18.8 Å². The Morgan fingerprint density at radius 3 is 2.48 bits per heavy atom. The van der Waals surface area contributed by atoms with Crippen molar-refractivity contribution in [2.24, 2.45) is 11.8 Å². The van der Waals surface area contributed by atoms with Gasteiger partial charge in [0.1, 0.15) is 5.82 Å². The van der Waals surface area contributed by atoms with E-state index < -0.39 is 23.5 Å².